The van der Waals surface area contributed by atoms with E-state index in [4.69, 9.17) is 16.3 Å². The van der Waals surface area contributed by atoms with Gasteiger partial charge in [-0.05, 0) is 50.1 Å². The number of hydrogen-bond acceptors (Lipinski definition) is 5. The molecular formula is C24H29ClFN3O4S. The molecule has 0 atom stereocenters. The quantitative estimate of drug-likeness (QED) is 0.595. The molecule has 0 saturated carbocycles. The molecule has 1 amide bonds. The molecule has 2 heterocycles. The van der Waals surface area contributed by atoms with E-state index in [1.54, 1.807) is 24.3 Å². The van der Waals surface area contributed by atoms with Gasteiger partial charge < -0.3 is 14.5 Å². The molecule has 2 aromatic carbocycles. The maximum Gasteiger partial charge on any atom is 0.243 e. The Morgan fingerprint density at radius 1 is 1.06 bits per heavy atom. The number of piperazine rings is 1. The van der Waals surface area contributed by atoms with Crippen molar-refractivity contribution in [3.8, 4) is 5.75 Å². The van der Waals surface area contributed by atoms with Gasteiger partial charge in [0.15, 0.2) is 0 Å². The average Bonchev–Trinajstić information content (AvgIpc) is 2.85. The number of halogens is 2. The van der Waals surface area contributed by atoms with Crippen LogP contribution in [0.15, 0.2) is 47.4 Å². The van der Waals surface area contributed by atoms with Crippen LogP contribution in [0.3, 0.4) is 0 Å². The first kappa shape index (κ1) is 24.8. The lowest BCUT2D eigenvalue weighted by Crippen LogP contribution is -2.52. The van der Waals surface area contributed by atoms with Crippen molar-refractivity contribution in [1.29, 1.82) is 0 Å². The molecule has 4 rings (SSSR count). The molecule has 0 aliphatic carbocycles. The number of carbonyl (C=O) groups is 1. The molecule has 2 aromatic rings. The minimum absolute atomic E-state index is 0.0503. The van der Waals surface area contributed by atoms with Crippen molar-refractivity contribution in [3.05, 3.63) is 53.3 Å². The third kappa shape index (κ3) is 5.16. The molecular weight excluding hydrogens is 481 g/mol. The predicted molar refractivity (Wildman–Crippen MR) is 129 cm³/mol. The van der Waals surface area contributed by atoms with Gasteiger partial charge in [-0.1, -0.05) is 23.7 Å². The number of nitrogens with zero attached hydrogens (tertiary/aromatic N) is 3. The Morgan fingerprint density at radius 3 is 2.35 bits per heavy atom. The van der Waals surface area contributed by atoms with Crippen molar-refractivity contribution in [2.45, 2.75) is 24.7 Å². The molecule has 2 saturated heterocycles. The van der Waals surface area contributed by atoms with Gasteiger partial charge in [0.2, 0.25) is 15.9 Å². The Balaban J connectivity index is 1.32. The van der Waals surface area contributed by atoms with Crippen molar-refractivity contribution in [2.75, 3.05) is 50.8 Å². The fourth-order valence-electron chi connectivity index (χ4n) is 4.54. The molecule has 0 aromatic heterocycles. The lowest BCUT2D eigenvalue weighted by molar-refractivity contribution is -0.137. The Labute approximate surface area is 205 Å². The number of para-hydroxylation sites is 1. The van der Waals surface area contributed by atoms with Gasteiger partial charge in [0.1, 0.15) is 11.6 Å². The molecule has 10 heteroatoms. The molecule has 2 aliphatic rings. The second-order valence-corrected chi connectivity index (χ2v) is 10.8. The third-order valence-corrected chi connectivity index (χ3v) is 8.62. The van der Waals surface area contributed by atoms with Crippen molar-refractivity contribution in [3.63, 3.8) is 0 Å². The van der Waals surface area contributed by atoms with Crippen LogP contribution in [0.25, 0.3) is 0 Å². The van der Waals surface area contributed by atoms with Gasteiger partial charge in [0, 0.05) is 45.2 Å². The van der Waals surface area contributed by atoms with Gasteiger partial charge >= 0.3 is 0 Å². The van der Waals surface area contributed by atoms with Crippen LogP contribution >= 0.6 is 11.6 Å². The number of piperidine rings is 1. The van der Waals surface area contributed by atoms with Crippen LogP contribution < -0.4 is 9.64 Å². The van der Waals surface area contributed by atoms with Crippen molar-refractivity contribution in [2.24, 2.45) is 5.92 Å². The van der Waals surface area contributed by atoms with E-state index in [2.05, 4.69) is 0 Å². The number of rotatable bonds is 6. The third-order valence-electron chi connectivity index (χ3n) is 6.43. The maximum atomic E-state index is 14.1. The van der Waals surface area contributed by atoms with Crippen molar-refractivity contribution >= 4 is 33.2 Å². The summed E-state index contributed by atoms with van der Waals surface area (Å²) in [6, 6.07) is 11.1. The van der Waals surface area contributed by atoms with E-state index in [1.165, 1.54) is 22.5 Å². The van der Waals surface area contributed by atoms with Crippen LogP contribution in [0.2, 0.25) is 5.02 Å². The first-order chi connectivity index (χ1) is 16.3. The summed E-state index contributed by atoms with van der Waals surface area (Å²) < 4.78 is 47.0. The summed E-state index contributed by atoms with van der Waals surface area (Å²) in [6.07, 6.45) is 0.937. The smallest absolute Gasteiger partial charge is 0.243 e. The van der Waals surface area contributed by atoms with Gasteiger partial charge in [-0.2, -0.15) is 4.31 Å². The second-order valence-electron chi connectivity index (χ2n) is 8.47. The monoisotopic (exact) mass is 509 g/mol. The molecule has 0 bridgehead atoms. The summed E-state index contributed by atoms with van der Waals surface area (Å²) in [4.78, 5) is 17.0. The zero-order chi connectivity index (χ0) is 24.3. The van der Waals surface area contributed by atoms with Crippen molar-refractivity contribution < 1.29 is 22.3 Å². The van der Waals surface area contributed by atoms with E-state index in [-0.39, 0.29) is 40.6 Å². The number of anilines is 1. The topological polar surface area (TPSA) is 70.2 Å². The van der Waals surface area contributed by atoms with E-state index in [0.29, 0.717) is 57.1 Å². The summed E-state index contributed by atoms with van der Waals surface area (Å²) in [5.74, 6) is 0.0249. The summed E-state index contributed by atoms with van der Waals surface area (Å²) in [5.41, 5.74) is 0.558. The van der Waals surface area contributed by atoms with Crippen LogP contribution in [-0.4, -0.2) is 69.4 Å². The van der Waals surface area contributed by atoms with Gasteiger partial charge in [0.25, 0.3) is 0 Å². The number of benzene rings is 2. The highest BCUT2D eigenvalue weighted by Crippen LogP contribution is 2.31. The SMILES string of the molecule is CCOc1ccc(S(=O)(=O)N2CCC(C(=O)N3CCN(c4ccccc4F)CC3)CC2)cc1Cl. The lowest BCUT2D eigenvalue weighted by atomic mass is 9.96. The minimum Gasteiger partial charge on any atom is -0.492 e. The van der Waals surface area contributed by atoms with E-state index in [0.717, 1.165) is 0 Å². The highest BCUT2D eigenvalue weighted by atomic mass is 35.5. The molecule has 184 valence electrons. The lowest BCUT2D eigenvalue weighted by Gasteiger charge is -2.39. The number of sulfonamides is 1. The fourth-order valence-corrected chi connectivity index (χ4v) is 6.34. The molecule has 0 N–H and O–H groups in total. The molecule has 34 heavy (non-hydrogen) atoms. The van der Waals surface area contributed by atoms with Gasteiger partial charge in [0.05, 0.1) is 22.2 Å². The summed E-state index contributed by atoms with van der Waals surface area (Å²) in [7, 11) is -3.71. The summed E-state index contributed by atoms with van der Waals surface area (Å²) >= 11 is 6.18. The largest absolute Gasteiger partial charge is 0.492 e. The maximum absolute atomic E-state index is 14.1. The van der Waals surface area contributed by atoms with E-state index in [9.17, 15) is 17.6 Å². The number of ether oxygens (including phenoxy) is 1. The number of carbonyl (C=O) groups excluding carboxylic acids is 1. The van der Waals surface area contributed by atoms with Crippen LogP contribution in [0.1, 0.15) is 19.8 Å². The Bertz CT molecular complexity index is 1130. The molecule has 0 unspecified atom stereocenters. The van der Waals surface area contributed by atoms with Crippen LogP contribution in [0.5, 0.6) is 5.75 Å². The molecule has 2 fully saturated rings. The minimum atomic E-state index is -3.71. The van der Waals surface area contributed by atoms with Gasteiger partial charge in [-0.25, -0.2) is 12.8 Å². The normalized spacial score (nSPS) is 18.2. The molecule has 0 radical (unpaired) electrons. The Kier molecular flexibility index (Phi) is 7.64. The van der Waals surface area contributed by atoms with Crippen molar-refractivity contribution in [1.82, 2.24) is 9.21 Å². The molecule has 2 aliphatic heterocycles. The standard InChI is InChI=1S/C24H29ClFN3O4S/c1-2-33-23-8-7-19(17-20(23)25)34(31,32)29-11-9-18(10-12-29)24(30)28-15-13-27(14-16-28)22-6-4-3-5-21(22)26/h3-8,17-18H,2,9-16H2,1H3. The average molecular weight is 510 g/mol. The van der Waals surface area contributed by atoms with Crippen LogP contribution in [-0.2, 0) is 14.8 Å². The van der Waals surface area contributed by atoms with E-state index < -0.39 is 10.0 Å². The molecule has 7 nitrogen and oxygen atoms in total. The van der Waals surface area contributed by atoms with Gasteiger partial charge in [-0.3, -0.25) is 4.79 Å². The zero-order valence-corrected chi connectivity index (χ0v) is 20.7. The van der Waals surface area contributed by atoms with Crippen LogP contribution in [0, 0.1) is 11.7 Å². The van der Waals surface area contributed by atoms with E-state index >= 15 is 0 Å². The first-order valence-corrected chi connectivity index (χ1v) is 13.3. The van der Waals surface area contributed by atoms with E-state index in [1.807, 2.05) is 16.7 Å². The van der Waals surface area contributed by atoms with Crippen LogP contribution in [0.4, 0.5) is 10.1 Å². The number of amides is 1. The second kappa shape index (κ2) is 10.5. The highest BCUT2D eigenvalue weighted by molar-refractivity contribution is 7.89. The predicted octanol–water partition coefficient (Wildman–Crippen LogP) is 3.63. The fraction of sp³-hybridized carbons (Fsp3) is 0.458. The Hall–Kier alpha value is -2.36. The number of hydrogen-bond donors (Lipinski definition) is 0. The first-order valence-electron chi connectivity index (χ1n) is 11.5. The Morgan fingerprint density at radius 2 is 1.74 bits per heavy atom. The summed E-state index contributed by atoms with van der Waals surface area (Å²) in [6.45, 7) is 5.00. The highest BCUT2D eigenvalue weighted by Gasteiger charge is 2.35. The molecule has 0 spiro atoms. The zero-order valence-electron chi connectivity index (χ0n) is 19.1. The summed E-state index contributed by atoms with van der Waals surface area (Å²) in [5, 5.41) is 0.252. The van der Waals surface area contributed by atoms with Gasteiger partial charge in [-0.15, -0.1) is 0 Å².